The van der Waals surface area contributed by atoms with Gasteiger partial charge in [-0.05, 0) is 66.3 Å². The number of rotatable bonds is 4. The standard InChI is InChI=1S/C23H24O5/c1-14-8-17(10-15-4-6-21(27-2)19(24)12-15)23(26)18(9-14)11-16-5-7-22(28-3)20(25)13-16/h4-7,10-14,24-25H,8-9H2,1-3H3/b17-10-,18-11+. The van der Waals surface area contributed by atoms with Gasteiger partial charge in [0.15, 0.2) is 28.8 Å². The molecule has 5 nitrogen and oxygen atoms in total. The Morgan fingerprint density at radius 1 is 0.857 bits per heavy atom. The van der Waals surface area contributed by atoms with Gasteiger partial charge in [-0.3, -0.25) is 4.79 Å². The molecule has 0 aliphatic heterocycles. The quantitative estimate of drug-likeness (QED) is 0.759. The smallest absolute Gasteiger partial charge is 0.185 e. The Morgan fingerprint density at radius 2 is 1.29 bits per heavy atom. The first-order valence-corrected chi connectivity index (χ1v) is 9.11. The number of hydrogen-bond donors (Lipinski definition) is 2. The zero-order chi connectivity index (χ0) is 20.3. The van der Waals surface area contributed by atoms with E-state index in [-0.39, 0.29) is 17.3 Å². The number of carbonyl (C=O) groups is 1. The summed E-state index contributed by atoms with van der Waals surface area (Å²) in [5.74, 6) is 1.17. The first-order valence-electron chi connectivity index (χ1n) is 9.11. The van der Waals surface area contributed by atoms with Crippen LogP contribution in [0.15, 0.2) is 47.5 Å². The van der Waals surface area contributed by atoms with E-state index in [4.69, 9.17) is 9.47 Å². The van der Waals surface area contributed by atoms with Gasteiger partial charge in [-0.2, -0.15) is 0 Å². The van der Waals surface area contributed by atoms with Crippen molar-refractivity contribution in [3.63, 3.8) is 0 Å². The third-order valence-corrected chi connectivity index (χ3v) is 4.81. The number of allylic oxidation sites excluding steroid dienone is 2. The normalized spacial score (nSPS) is 19.8. The summed E-state index contributed by atoms with van der Waals surface area (Å²) in [5.41, 5.74) is 2.90. The predicted molar refractivity (Wildman–Crippen MR) is 109 cm³/mol. The maximum Gasteiger partial charge on any atom is 0.185 e. The molecule has 1 atom stereocenters. The van der Waals surface area contributed by atoms with Crippen LogP contribution in [0.2, 0.25) is 0 Å². The maximum absolute atomic E-state index is 13.0. The SMILES string of the molecule is COc1ccc(/C=C2/CC(C)C/C(=C\c3ccc(OC)c(O)c3)C2=O)cc1O. The highest BCUT2D eigenvalue weighted by molar-refractivity contribution is 6.14. The first-order chi connectivity index (χ1) is 13.4. The molecule has 1 aliphatic carbocycles. The molecule has 2 aromatic carbocycles. The third-order valence-electron chi connectivity index (χ3n) is 4.81. The molecule has 1 saturated carbocycles. The molecule has 0 radical (unpaired) electrons. The summed E-state index contributed by atoms with van der Waals surface area (Å²) in [7, 11) is 2.99. The molecule has 0 saturated heterocycles. The van der Waals surface area contributed by atoms with Gasteiger partial charge in [-0.25, -0.2) is 0 Å². The molecule has 1 fully saturated rings. The fraction of sp³-hybridized carbons (Fsp3) is 0.261. The van der Waals surface area contributed by atoms with Gasteiger partial charge >= 0.3 is 0 Å². The van der Waals surface area contributed by atoms with Crippen molar-refractivity contribution in [3.05, 3.63) is 58.7 Å². The Balaban J connectivity index is 1.92. The molecular weight excluding hydrogens is 356 g/mol. The van der Waals surface area contributed by atoms with Crippen molar-refractivity contribution in [1.29, 1.82) is 0 Å². The van der Waals surface area contributed by atoms with Gasteiger partial charge in [0.1, 0.15) is 0 Å². The minimum Gasteiger partial charge on any atom is -0.504 e. The van der Waals surface area contributed by atoms with Gasteiger partial charge < -0.3 is 19.7 Å². The molecular formula is C23H24O5. The van der Waals surface area contributed by atoms with Crippen LogP contribution in [0, 0.1) is 5.92 Å². The first kappa shape index (κ1) is 19.5. The van der Waals surface area contributed by atoms with Crippen LogP contribution in [0.4, 0.5) is 0 Å². The molecule has 0 bridgehead atoms. The van der Waals surface area contributed by atoms with E-state index in [2.05, 4.69) is 6.92 Å². The summed E-state index contributed by atoms with van der Waals surface area (Å²) in [4.78, 5) is 13.0. The zero-order valence-electron chi connectivity index (χ0n) is 16.2. The maximum atomic E-state index is 13.0. The van der Waals surface area contributed by atoms with E-state index in [1.165, 1.54) is 14.2 Å². The van der Waals surface area contributed by atoms with Crippen LogP contribution in [0.3, 0.4) is 0 Å². The Kier molecular flexibility index (Phi) is 5.73. The Hall–Kier alpha value is -3.21. The molecule has 5 heteroatoms. The number of aromatic hydroxyl groups is 2. The van der Waals surface area contributed by atoms with E-state index >= 15 is 0 Å². The Morgan fingerprint density at radius 3 is 1.64 bits per heavy atom. The molecule has 0 amide bonds. The van der Waals surface area contributed by atoms with Gasteiger partial charge in [0.05, 0.1) is 14.2 Å². The Bertz CT molecular complexity index is 880. The fourth-order valence-electron chi connectivity index (χ4n) is 3.46. The number of benzene rings is 2. The molecule has 3 rings (SSSR count). The summed E-state index contributed by atoms with van der Waals surface area (Å²) in [6.07, 6.45) is 4.99. The molecule has 2 aromatic rings. The molecule has 2 N–H and O–H groups in total. The second-order valence-corrected chi connectivity index (χ2v) is 7.04. The minimum atomic E-state index is -0.0104. The van der Waals surface area contributed by atoms with Crippen LogP contribution in [-0.2, 0) is 4.79 Å². The van der Waals surface area contributed by atoms with E-state index in [0.29, 0.717) is 41.4 Å². The third kappa shape index (κ3) is 4.19. The van der Waals surface area contributed by atoms with Crippen LogP contribution in [0.5, 0.6) is 23.0 Å². The summed E-state index contributed by atoms with van der Waals surface area (Å²) in [6, 6.07) is 10.1. The minimum absolute atomic E-state index is 0.0104. The van der Waals surface area contributed by atoms with E-state index in [9.17, 15) is 15.0 Å². The van der Waals surface area contributed by atoms with Crippen molar-refractivity contribution in [3.8, 4) is 23.0 Å². The molecule has 0 heterocycles. The summed E-state index contributed by atoms with van der Waals surface area (Å²) >= 11 is 0. The number of ketones is 1. The van der Waals surface area contributed by atoms with Crippen molar-refractivity contribution >= 4 is 17.9 Å². The van der Waals surface area contributed by atoms with E-state index in [0.717, 1.165) is 11.1 Å². The highest BCUT2D eigenvalue weighted by atomic mass is 16.5. The number of ether oxygens (including phenoxy) is 2. The molecule has 1 aliphatic rings. The van der Waals surface area contributed by atoms with Crippen molar-refractivity contribution in [1.82, 2.24) is 0 Å². The van der Waals surface area contributed by atoms with Crippen LogP contribution >= 0.6 is 0 Å². The van der Waals surface area contributed by atoms with E-state index in [1.807, 2.05) is 24.3 Å². The fourth-order valence-corrected chi connectivity index (χ4v) is 3.46. The number of carbonyl (C=O) groups excluding carboxylic acids is 1. The monoisotopic (exact) mass is 380 g/mol. The topological polar surface area (TPSA) is 76.0 Å². The lowest BCUT2D eigenvalue weighted by Gasteiger charge is -2.22. The van der Waals surface area contributed by atoms with Crippen LogP contribution in [0.25, 0.3) is 12.2 Å². The average Bonchev–Trinajstić information content (AvgIpc) is 2.66. The van der Waals surface area contributed by atoms with E-state index in [1.54, 1.807) is 24.3 Å². The highest BCUT2D eigenvalue weighted by Crippen LogP contribution is 2.34. The lowest BCUT2D eigenvalue weighted by atomic mass is 9.81. The van der Waals surface area contributed by atoms with Gasteiger partial charge in [-0.15, -0.1) is 0 Å². The zero-order valence-corrected chi connectivity index (χ0v) is 16.2. The predicted octanol–water partition coefficient (Wildman–Crippen LogP) is 4.58. The number of Topliss-reactive ketones (excluding diaryl/α,β-unsaturated/α-hetero) is 1. The molecule has 0 spiro atoms. The lowest BCUT2D eigenvalue weighted by Crippen LogP contribution is -2.18. The van der Waals surface area contributed by atoms with Crippen LogP contribution < -0.4 is 9.47 Å². The molecule has 146 valence electrons. The van der Waals surface area contributed by atoms with Crippen molar-refractivity contribution in [2.24, 2.45) is 5.92 Å². The average molecular weight is 380 g/mol. The van der Waals surface area contributed by atoms with Crippen molar-refractivity contribution in [2.75, 3.05) is 14.2 Å². The number of hydrogen-bond acceptors (Lipinski definition) is 5. The summed E-state index contributed by atoms with van der Waals surface area (Å²) < 4.78 is 10.1. The van der Waals surface area contributed by atoms with Gasteiger partial charge in [0.25, 0.3) is 0 Å². The van der Waals surface area contributed by atoms with Gasteiger partial charge in [0, 0.05) is 11.1 Å². The summed E-state index contributed by atoms with van der Waals surface area (Å²) in [6.45, 7) is 2.10. The summed E-state index contributed by atoms with van der Waals surface area (Å²) in [5, 5.41) is 19.9. The number of phenols is 2. The van der Waals surface area contributed by atoms with Crippen LogP contribution in [0.1, 0.15) is 30.9 Å². The molecule has 1 unspecified atom stereocenters. The lowest BCUT2D eigenvalue weighted by molar-refractivity contribution is -0.113. The number of phenolic OH excluding ortho intramolecular Hbond substituents is 2. The second kappa shape index (κ2) is 8.21. The van der Waals surface area contributed by atoms with Crippen LogP contribution in [-0.4, -0.2) is 30.2 Å². The second-order valence-electron chi connectivity index (χ2n) is 7.04. The largest absolute Gasteiger partial charge is 0.504 e. The van der Waals surface area contributed by atoms with Crippen molar-refractivity contribution in [2.45, 2.75) is 19.8 Å². The molecule has 28 heavy (non-hydrogen) atoms. The molecule has 0 aromatic heterocycles. The van der Waals surface area contributed by atoms with E-state index < -0.39 is 0 Å². The highest BCUT2D eigenvalue weighted by Gasteiger charge is 2.25. The van der Waals surface area contributed by atoms with Gasteiger partial charge in [-0.1, -0.05) is 19.1 Å². The van der Waals surface area contributed by atoms with Crippen molar-refractivity contribution < 1.29 is 24.5 Å². The Labute approximate surface area is 164 Å². The van der Waals surface area contributed by atoms with Gasteiger partial charge in [0.2, 0.25) is 0 Å². The number of methoxy groups -OCH3 is 2.